The molecule has 9 heavy (non-hydrogen) atoms. The molecule has 0 aromatic rings. The van der Waals surface area contributed by atoms with Crippen LogP contribution in [0.4, 0.5) is 0 Å². The Labute approximate surface area is 56.5 Å². The lowest BCUT2D eigenvalue weighted by Gasteiger charge is -2.12. The van der Waals surface area contributed by atoms with Crippen molar-refractivity contribution in [1.29, 1.82) is 0 Å². The van der Waals surface area contributed by atoms with Gasteiger partial charge in [0.25, 0.3) is 0 Å². The highest BCUT2D eigenvalue weighted by Gasteiger charge is 2.11. The zero-order valence-corrected chi connectivity index (χ0v) is 6.36. The quantitative estimate of drug-likeness (QED) is 0.566. The van der Waals surface area contributed by atoms with Gasteiger partial charge in [0.2, 0.25) is 0 Å². The number of nitrogens with zero attached hydrogens (tertiary/aromatic N) is 1. The van der Waals surface area contributed by atoms with Gasteiger partial charge in [-0.1, -0.05) is 6.92 Å². The lowest BCUT2D eigenvalue weighted by Crippen LogP contribution is -2.18. The van der Waals surface area contributed by atoms with Crippen LogP contribution < -0.4 is 5.32 Å². The van der Waals surface area contributed by atoms with Crippen LogP contribution in [0.3, 0.4) is 0 Å². The molecule has 0 saturated carbocycles. The molecule has 1 aliphatic rings. The van der Waals surface area contributed by atoms with Gasteiger partial charge in [-0.3, -0.25) is 0 Å². The second kappa shape index (κ2) is 2.29. The van der Waals surface area contributed by atoms with Crippen molar-refractivity contribution >= 4 is 0 Å². The van der Waals surface area contributed by atoms with Crippen LogP contribution in [0, 0.1) is 0 Å². The maximum atomic E-state index is 3.28. The maximum Gasteiger partial charge on any atom is 0.0869 e. The van der Waals surface area contributed by atoms with Gasteiger partial charge in [-0.2, -0.15) is 0 Å². The van der Waals surface area contributed by atoms with Crippen LogP contribution in [0.2, 0.25) is 0 Å². The standard InChI is InChI=1S/C7H14N2/c1-4-7-6(2)8-5-9(7)3/h8H,4-5H2,1-3H3. The molecular weight excluding hydrogens is 112 g/mol. The van der Waals surface area contributed by atoms with E-state index in [-0.39, 0.29) is 0 Å². The van der Waals surface area contributed by atoms with Gasteiger partial charge in [-0.05, 0) is 13.3 Å². The Kier molecular flexibility index (Phi) is 1.65. The van der Waals surface area contributed by atoms with Gasteiger partial charge in [0.1, 0.15) is 0 Å². The molecule has 0 saturated heterocycles. The minimum absolute atomic E-state index is 0.981. The van der Waals surface area contributed by atoms with E-state index in [0.29, 0.717) is 0 Å². The molecule has 0 spiro atoms. The summed E-state index contributed by atoms with van der Waals surface area (Å²) >= 11 is 0. The second-order valence-electron chi connectivity index (χ2n) is 2.46. The Balaban J connectivity index is 2.69. The summed E-state index contributed by atoms with van der Waals surface area (Å²) in [4.78, 5) is 2.25. The lowest BCUT2D eigenvalue weighted by atomic mass is 10.3. The highest BCUT2D eigenvalue weighted by Crippen LogP contribution is 2.14. The fourth-order valence-corrected chi connectivity index (χ4v) is 1.26. The zero-order valence-electron chi connectivity index (χ0n) is 6.36. The Morgan fingerprint density at radius 2 is 2.33 bits per heavy atom. The first-order valence-corrected chi connectivity index (χ1v) is 3.40. The molecule has 0 fully saturated rings. The molecule has 0 aromatic carbocycles. The van der Waals surface area contributed by atoms with Crippen molar-refractivity contribution in [3.63, 3.8) is 0 Å². The maximum absolute atomic E-state index is 3.28. The van der Waals surface area contributed by atoms with E-state index in [1.807, 2.05) is 0 Å². The van der Waals surface area contributed by atoms with E-state index in [0.717, 1.165) is 13.1 Å². The van der Waals surface area contributed by atoms with Crippen molar-refractivity contribution in [2.75, 3.05) is 13.7 Å². The third-order valence-electron chi connectivity index (χ3n) is 1.81. The van der Waals surface area contributed by atoms with E-state index in [2.05, 4.69) is 31.1 Å². The number of hydrogen-bond donors (Lipinski definition) is 1. The van der Waals surface area contributed by atoms with Crippen LogP contribution in [0.1, 0.15) is 20.3 Å². The third kappa shape index (κ3) is 1.02. The highest BCUT2D eigenvalue weighted by atomic mass is 15.3. The summed E-state index contributed by atoms with van der Waals surface area (Å²) in [5, 5.41) is 3.28. The number of hydrogen-bond acceptors (Lipinski definition) is 2. The molecule has 0 aromatic heterocycles. The van der Waals surface area contributed by atoms with Crippen molar-refractivity contribution in [3.05, 3.63) is 11.4 Å². The first kappa shape index (κ1) is 6.46. The Morgan fingerprint density at radius 1 is 1.67 bits per heavy atom. The molecule has 1 aliphatic heterocycles. The van der Waals surface area contributed by atoms with Crippen molar-refractivity contribution < 1.29 is 0 Å². The monoisotopic (exact) mass is 126 g/mol. The minimum atomic E-state index is 0.981. The summed E-state index contributed by atoms with van der Waals surface area (Å²) in [5.74, 6) is 0. The fraction of sp³-hybridized carbons (Fsp3) is 0.714. The van der Waals surface area contributed by atoms with Crippen LogP contribution in [0.5, 0.6) is 0 Å². The Bertz CT molecular complexity index is 138. The van der Waals surface area contributed by atoms with E-state index in [1.54, 1.807) is 0 Å². The van der Waals surface area contributed by atoms with Crippen LogP contribution in [-0.4, -0.2) is 18.6 Å². The van der Waals surface area contributed by atoms with Crippen molar-refractivity contribution in [2.24, 2.45) is 0 Å². The van der Waals surface area contributed by atoms with E-state index >= 15 is 0 Å². The SMILES string of the molecule is CCC1=C(C)NCN1C. The lowest BCUT2D eigenvalue weighted by molar-refractivity contribution is 0.430. The predicted octanol–water partition coefficient (Wildman–Crippen LogP) is 1.12. The molecule has 1 N–H and O–H groups in total. The van der Waals surface area contributed by atoms with E-state index in [1.165, 1.54) is 11.4 Å². The fourth-order valence-electron chi connectivity index (χ4n) is 1.26. The van der Waals surface area contributed by atoms with E-state index < -0.39 is 0 Å². The molecule has 0 atom stereocenters. The molecule has 1 heterocycles. The summed E-state index contributed by atoms with van der Waals surface area (Å²) in [7, 11) is 2.11. The predicted molar refractivity (Wildman–Crippen MR) is 38.8 cm³/mol. The van der Waals surface area contributed by atoms with Crippen LogP contribution in [0.25, 0.3) is 0 Å². The summed E-state index contributed by atoms with van der Waals surface area (Å²) in [6.07, 6.45) is 1.13. The topological polar surface area (TPSA) is 15.3 Å². The Morgan fingerprint density at radius 3 is 2.56 bits per heavy atom. The first-order valence-electron chi connectivity index (χ1n) is 3.40. The van der Waals surface area contributed by atoms with Gasteiger partial charge in [-0.25, -0.2) is 0 Å². The number of rotatable bonds is 1. The molecule has 0 radical (unpaired) electrons. The molecule has 52 valence electrons. The second-order valence-corrected chi connectivity index (χ2v) is 2.46. The number of nitrogens with one attached hydrogen (secondary N) is 1. The van der Waals surface area contributed by atoms with Gasteiger partial charge in [-0.15, -0.1) is 0 Å². The van der Waals surface area contributed by atoms with Gasteiger partial charge in [0.05, 0.1) is 6.67 Å². The molecule has 0 unspecified atom stereocenters. The number of allylic oxidation sites excluding steroid dienone is 2. The normalized spacial score (nSPS) is 18.8. The van der Waals surface area contributed by atoms with Crippen molar-refractivity contribution in [3.8, 4) is 0 Å². The average molecular weight is 126 g/mol. The Hall–Kier alpha value is -0.660. The van der Waals surface area contributed by atoms with Crippen molar-refractivity contribution in [1.82, 2.24) is 10.2 Å². The van der Waals surface area contributed by atoms with Gasteiger partial charge >= 0.3 is 0 Å². The zero-order chi connectivity index (χ0) is 6.85. The van der Waals surface area contributed by atoms with E-state index in [4.69, 9.17) is 0 Å². The van der Waals surface area contributed by atoms with Crippen LogP contribution >= 0.6 is 0 Å². The highest BCUT2D eigenvalue weighted by molar-refractivity contribution is 5.13. The molecule has 2 heteroatoms. The van der Waals surface area contributed by atoms with Gasteiger partial charge in [0.15, 0.2) is 0 Å². The summed E-state index contributed by atoms with van der Waals surface area (Å²) in [6.45, 7) is 5.29. The molecule has 1 rings (SSSR count). The molecule has 2 nitrogen and oxygen atoms in total. The molecule has 0 aliphatic carbocycles. The smallest absolute Gasteiger partial charge is 0.0869 e. The van der Waals surface area contributed by atoms with Gasteiger partial charge in [0, 0.05) is 18.4 Å². The van der Waals surface area contributed by atoms with Crippen LogP contribution in [0.15, 0.2) is 11.4 Å². The molecule has 0 bridgehead atoms. The third-order valence-corrected chi connectivity index (χ3v) is 1.81. The summed E-state index contributed by atoms with van der Waals surface area (Å²) < 4.78 is 0. The van der Waals surface area contributed by atoms with Crippen LogP contribution in [-0.2, 0) is 0 Å². The largest absolute Gasteiger partial charge is 0.370 e. The first-order chi connectivity index (χ1) is 4.25. The summed E-state index contributed by atoms with van der Waals surface area (Å²) in [5.41, 5.74) is 2.77. The van der Waals surface area contributed by atoms with E-state index in [9.17, 15) is 0 Å². The summed E-state index contributed by atoms with van der Waals surface area (Å²) in [6, 6.07) is 0. The molecule has 0 amide bonds. The van der Waals surface area contributed by atoms with Crippen molar-refractivity contribution in [2.45, 2.75) is 20.3 Å². The molecular formula is C7H14N2. The minimum Gasteiger partial charge on any atom is -0.370 e. The van der Waals surface area contributed by atoms with Gasteiger partial charge < -0.3 is 10.2 Å². The average Bonchev–Trinajstić information content (AvgIpc) is 2.12.